The quantitative estimate of drug-likeness (QED) is 0.778. The van der Waals surface area contributed by atoms with Crippen molar-refractivity contribution in [3.05, 3.63) is 33.8 Å². The first-order valence-electron chi connectivity index (χ1n) is 5.90. The summed E-state index contributed by atoms with van der Waals surface area (Å²) in [6.07, 6.45) is 2.19. The minimum atomic E-state index is -1.14. The Labute approximate surface area is 131 Å². The van der Waals surface area contributed by atoms with Crippen LogP contribution in [0.15, 0.2) is 18.2 Å². The van der Waals surface area contributed by atoms with E-state index in [0.717, 1.165) is 6.08 Å². The maximum Gasteiger partial charge on any atom is 0.328 e. The first kappa shape index (κ1) is 17.3. The lowest BCUT2D eigenvalue weighted by Gasteiger charge is -2.21. The second-order valence-corrected chi connectivity index (χ2v) is 5.80. The van der Waals surface area contributed by atoms with Crippen LogP contribution in [0.1, 0.15) is 19.4 Å². The Hall–Kier alpha value is -1.72. The molecule has 1 aromatic carbocycles. The lowest BCUT2D eigenvalue weighted by atomic mass is 9.95. The SMILES string of the molecule is CC(C)(COc1c(Cl)cc(Cl)cc1C=CC(=O)O)C(=O)O. The third kappa shape index (κ3) is 4.95. The number of hydrogen-bond acceptors (Lipinski definition) is 3. The Morgan fingerprint density at radius 1 is 1.29 bits per heavy atom. The first-order chi connectivity index (χ1) is 9.63. The van der Waals surface area contributed by atoms with Gasteiger partial charge in [-0.3, -0.25) is 4.79 Å². The molecule has 2 N–H and O–H groups in total. The van der Waals surface area contributed by atoms with E-state index in [0.29, 0.717) is 10.6 Å². The molecule has 0 heterocycles. The molecule has 114 valence electrons. The first-order valence-corrected chi connectivity index (χ1v) is 6.65. The van der Waals surface area contributed by atoms with Gasteiger partial charge in [0, 0.05) is 16.7 Å². The van der Waals surface area contributed by atoms with Gasteiger partial charge in [-0.1, -0.05) is 23.2 Å². The summed E-state index contributed by atoms with van der Waals surface area (Å²) < 4.78 is 5.47. The largest absolute Gasteiger partial charge is 0.490 e. The molecular formula is C14H14Cl2O5. The predicted octanol–water partition coefficient (Wildman–Crippen LogP) is 3.58. The molecular weight excluding hydrogens is 319 g/mol. The minimum absolute atomic E-state index is 0.127. The van der Waals surface area contributed by atoms with Gasteiger partial charge < -0.3 is 14.9 Å². The molecule has 0 aliphatic carbocycles. The van der Waals surface area contributed by atoms with Crippen LogP contribution in [0.3, 0.4) is 0 Å². The zero-order valence-electron chi connectivity index (χ0n) is 11.4. The van der Waals surface area contributed by atoms with Crippen LogP contribution in [0.25, 0.3) is 6.08 Å². The molecule has 0 aromatic heterocycles. The number of halogens is 2. The van der Waals surface area contributed by atoms with Crippen molar-refractivity contribution in [2.45, 2.75) is 13.8 Å². The third-order valence-corrected chi connectivity index (χ3v) is 3.10. The van der Waals surface area contributed by atoms with Crippen LogP contribution in [0.4, 0.5) is 0 Å². The van der Waals surface area contributed by atoms with Crippen LogP contribution in [-0.4, -0.2) is 28.8 Å². The summed E-state index contributed by atoms with van der Waals surface area (Å²) in [4.78, 5) is 21.6. The highest BCUT2D eigenvalue weighted by molar-refractivity contribution is 6.36. The summed E-state index contributed by atoms with van der Waals surface area (Å²) >= 11 is 11.9. The van der Waals surface area contributed by atoms with Gasteiger partial charge in [-0.15, -0.1) is 0 Å². The Balaban J connectivity index is 3.10. The van der Waals surface area contributed by atoms with E-state index in [2.05, 4.69) is 0 Å². The fourth-order valence-corrected chi connectivity index (χ4v) is 1.90. The number of carbonyl (C=O) groups is 2. The number of ether oxygens (including phenoxy) is 1. The van der Waals surface area contributed by atoms with Crippen molar-refractivity contribution in [1.29, 1.82) is 0 Å². The summed E-state index contributed by atoms with van der Waals surface area (Å²) in [5, 5.41) is 18.2. The molecule has 21 heavy (non-hydrogen) atoms. The van der Waals surface area contributed by atoms with E-state index in [4.69, 9.17) is 38.2 Å². The normalized spacial score (nSPS) is 11.6. The Bertz CT molecular complexity index is 593. The maximum absolute atomic E-state index is 11.1. The maximum atomic E-state index is 11.1. The number of carboxylic acid groups (broad SMARTS) is 2. The summed E-state index contributed by atoms with van der Waals surface area (Å²) in [5.74, 6) is -1.97. The molecule has 7 heteroatoms. The summed E-state index contributed by atoms with van der Waals surface area (Å²) in [7, 11) is 0. The molecule has 0 aliphatic heterocycles. The molecule has 0 spiro atoms. The topological polar surface area (TPSA) is 83.8 Å². The van der Waals surface area contributed by atoms with Gasteiger partial charge >= 0.3 is 11.9 Å². The molecule has 0 radical (unpaired) electrons. The van der Waals surface area contributed by atoms with Crippen LogP contribution in [0.5, 0.6) is 5.75 Å². The van der Waals surface area contributed by atoms with Crippen molar-refractivity contribution >= 4 is 41.2 Å². The summed E-state index contributed by atoms with van der Waals surface area (Å²) in [6, 6.07) is 2.92. The summed E-state index contributed by atoms with van der Waals surface area (Å²) in [5.41, 5.74) is -0.757. The minimum Gasteiger partial charge on any atom is -0.490 e. The van der Waals surface area contributed by atoms with Crippen molar-refractivity contribution in [3.8, 4) is 5.75 Å². The third-order valence-electron chi connectivity index (χ3n) is 2.60. The average molecular weight is 333 g/mol. The van der Waals surface area contributed by atoms with Crippen molar-refractivity contribution in [2.75, 3.05) is 6.61 Å². The highest BCUT2D eigenvalue weighted by Crippen LogP contribution is 2.34. The average Bonchev–Trinajstić information content (AvgIpc) is 2.34. The highest BCUT2D eigenvalue weighted by atomic mass is 35.5. The smallest absolute Gasteiger partial charge is 0.328 e. The van der Waals surface area contributed by atoms with Crippen LogP contribution < -0.4 is 4.74 Å². The molecule has 0 aliphatic rings. The van der Waals surface area contributed by atoms with Gasteiger partial charge in [-0.05, 0) is 32.1 Å². The van der Waals surface area contributed by atoms with E-state index in [-0.39, 0.29) is 17.4 Å². The van der Waals surface area contributed by atoms with E-state index in [1.165, 1.54) is 32.1 Å². The monoisotopic (exact) mass is 332 g/mol. The Morgan fingerprint density at radius 2 is 1.90 bits per heavy atom. The Morgan fingerprint density at radius 3 is 2.43 bits per heavy atom. The predicted molar refractivity (Wildman–Crippen MR) is 80.0 cm³/mol. The molecule has 0 atom stereocenters. The fourth-order valence-electron chi connectivity index (χ4n) is 1.33. The van der Waals surface area contributed by atoms with Crippen LogP contribution >= 0.6 is 23.2 Å². The van der Waals surface area contributed by atoms with Crippen molar-refractivity contribution in [3.63, 3.8) is 0 Å². The van der Waals surface area contributed by atoms with Crippen molar-refractivity contribution in [2.24, 2.45) is 5.41 Å². The van der Waals surface area contributed by atoms with Crippen LogP contribution in [-0.2, 0) is 9.59 Å². The molecule has 0 saturated heterocycles. The molecule has 1 aromatic rings. The molecule has 1 rings (SSSR count). The van der Waals surface area contributed by atoms with Gasteiger partial charge in [-0.25, -0.2) is 4.79 Å². The van der Waals surface area contributed by atoms with E-state index in [9.17, 15) is 9.59 Å². The zero-order chi connectivity index (χ0) is 16.2. The number of benzene rings is 1. The van der Waals surface area contributed by atoms with E-state index < -0.39 is 17.4 Å². The van der Waals surface area contributed by atoms with Gasteiger partial charge in [0.15, 0.2) is 0 Å². The molecule has 0 unspecified atom stereocenters. The lowest BCUT2D eigenvalue weighted by Crippen LogP contribution is -2.30. The number of carboxylic acids is 2. The van der Waals surface area contributed by atoms with Gasteiger partial charge in [0.2, 0.25) is 0 Å². The highest BCUT2D eigenvalue weighted by Gasteiger charge is 2.28. The second-order valence-electron chi connectivity index (χ2n) is 4.96. The standard InChI is InChI=1S/C14H14Cl2O5/c1-14(2,13(19)20)7-21-12-8(3-4-11(17)18)5-9(15)6-10(12)16/h3-6H,7H2,1-2H3,(H,17,18)(H,19,20). The molecule has 0 bridgehead atoms. The van der Waals surface area contributed by atoms with Crippen molar-refractivity contribution in [1.82, 2.24) is 0 Å². The number of hydrogen-bond donors (Lipinski definition) is 2. The number of rotatable bonds is 6. The molecule has 5 nitrogen and oxygen atoms in total. The lowest BCUT2D eigenvalue weighted by molar-refractivity contribution is -0.148. The molecule has 0 saturated carbocycles. The van der Waals surface area contributed by atoms with Crippen molar-refractivity contribution < 1.29 is 24.5 Å². The van der Waals surface area contributed by atoms with Gasteiger partial charge in [0.1, 0.15) is 12.4 Å². The zero-order valence-corrected chi connectivity index (χ0v) is 12.9. The van der Waals surface area contributed by atoms with E-state index >= 15 is 0 Å². The molecule has 0 fully saturated rings. The van der Waals surface area contributed by atoms with Crippen LogP contribution in [0, 0.1) is 5.41 Å². The van der Waals surface area contributed by atoms with E-state index in [1.54, 1.807) is 0 Å². The van der Waals surface area contributed by atoms with E-state index in [1.807, 2.05) is 0 Å². The second kappa shape index (κ2) is 6.83. The molecule has 0 amide bonds. The Kier molecular flexibility index (Phi) is 5.63. The summed E-state index contributed by atoms with van der Waals surface area (Å²) in [6.45, 7) is 2.88. The number of aliphatic carboxylic acids is 2. The van der Waals surface area contributed by atoms with Gasteiger partial charge in [0.25, 0.3) is 0 Å². The van der Waals surface area contributed by atoms with Crippen LogP contribution in [0.2, 0.25) is 10.0 Å². The van der Waals surface area contributed by atoms with Gasteiger partial charge in [-0.2, -0.15) is 0 Å². The van der Waals surface area contributed by atoms with Gasteiger partial charge in [0.05, 0.1) is 10.4 Å². The fraction of sp³-hybridized carbons (Fsp3) is 0.286.